The summed E-state index contributed by atoms with van der Waals surface area (Å²) in [5, 5.41) is 10.4. The summed E-state index contributed by atoms with van der Waals surface area (Å²) in [6, 6.07) is 5.34. The van der Waals surface area contributed by atoms with E-state index in [1.807, 2.05) is 12.3 Å². The van der Waals surface area contributed by atoms with E-state index in [4.69, 9.17) is 0 Å². The van der Waals surface area contributed by atoms with Crippen LogP contribution in [-0.2, 0) is 11.3 Å². The molecule has 0 saturated carbocycles. The molecule has 1 fully saturated rings. The first-order valence-electron chi connectivity index (χ1n) is 8.28. The van der Waals surface area contributed by atoms with Crippen LogP contribution < -0.4 is 4.90 Å². The van der Waals surface area contributed by atoms with E-state index in [0.29, 0.717) is 13.0 Å². The van der Waals surface area contributed by atoms with Gasteiger partial charge in [-0.05, 0) is 31.0 Å². The molecule has 0 radical (unpaired) electrons. The zero-order valence-corrected chi connectivity index (χ0v) is 13.4. The molecule has 1 saturated heterocycles. The van der Waals surface area contributed by atoms with Crippen molar-refractivity contribution in [2.45, 2.75) is 45.6 Å². The number of rotatable bonds is 6. The minimum absolute atomic E-state index is 0.0765. The molecule has 1 aromatic heterocycles. The Labute approximate surface area is 135 Å². The summed E-state index contributed by atoms with van der Waals surface area (Å²) in [7, 11) is 0. The molecule has 3 rings (SSSR count). The van der Waals surface area contributed by atoms with Gasteiger partial charge >= 0.3 is 5.97 Å². The molecule has 0 spiro atoms. The van der Waals surface area contributed by atoms with Crippen LogP contribution in [0, 0.1) is 0 Å². The van der Waals surface area contributed by atoms with Gasteiger partial charge in [-0.1, -0.05) is 19.8 Å². The van der Waals surface area contributed by atoms with Crippen LogP contribution in [0.3, 0.4) is 0 Å². The molecule has 122 valence electrons. The molecule has 2 heterocycles. The molecular formula is C18H22N2O3. The molecule has 1 aliphatic heterocycles. The normalized spacial score (nSPS) is 14.8. The zero-order chi connectivity index (χ0) is 16.4. The lowest BCUT2D eigenvalue weighted by atomic mass is 10.1. The Kier molecular flexibility index (Phi) is 4.37. The van der Waals surface area contributed by atoms with Gasteiger partial charge in [0.15, 0.2) is 0 Å². The van der Waals surface area contributed by atoms with Crippen molar-refractivity contribution in [3.8, 4) is 0 Å². The topological polar surface area (TPSA) is 62.5 Å². The summed E-state index contributed by atoms with van der Waals surface area (Å²) < 4.78 is 2.10. The van der Waals surface area contributed by atoms with E-state index in [9.17, 15) is 14.7 Å². The number of aryl methyl sites for hydroxylation is 1. The number of hydrogen-bond donors (Lipinski definition) is 1. The number of carboxylic acids is 1. The van der Waals surface area contributed by atoms with Gasteiger partial charge in [0, 0.05) is 31.1 Å². The summed E-state index contributed by atoms with van der Waals surface area (Å²) in [6.07, 6.45) is 6.72. The highest BCUT2D eigenvalue weighted by Gasteiger charge is 2.25. The summed E-state index contributed by atoms with van der Waals surface area (Å²) in [4.78, 5) is 25.3. The second kappa shape index (κ2) is 6.44. The monoisotopic (exact) mass is 314 g/mol. The van der Waals surface area contributed by atoms with Crippen LogP contribution in [0.5, 0.6) is 0 Å². The van der Waals surface area contributed by atoms with E-state index >= 15 is 0 Å². The van der Waals surface area contributed by atoms with Crippen molar-refractivity contribution < 1.29 is 14.7 Å². The number of anilines is 1. The Morgan fingerprint density at radius 3 is 2.78 bits per heavy atom. The Morgan fingerprint density at radius 2 is 2.13 bits per heavy atom. The third kappa shape index (κ3) is 2.96. The van der Waals surface area contributed by atoms with E-state index in [1.54, 1.807) is 17.0 Å². The third-order valence-electron chi connectivity index (χ3n) is 4.48. The molecule has 0 unspecified atom stereocenters. The fourth-order valence-corrected chi connectivity index (χ4v) is 3.25. The van der Waals surface area contributed by atoms with Gasteiger partial charge in [-0.3, -0.25) is 4.79 Å². The van der Waals surface area contributed by atoms with Crippen molar-refractivity contribution in [3.05, 3.63) is 30.0 Å². The number of aromatic nitrogens is 1. The number of nitrogens with zero attached hydrogens (tertiary/aromatic N) is 2. The molecule has 5 nitrogen and oxygen atoms in total. The first-order chi connectivity index (χ1) is 11.1. The number of aromatic carboxylic acids is 1. The summed E-state index contributed by atoms with van der Waals surface area (Å²) >= 11 is 0. The molecule has 1 aromatic carbocycles. The summed E-state index contributed by atoms with van der Waals surface area (Å²) in [5.41, 5.74) is 1.87. The summed E-state index contributed by atoms with van der Waals surface area (Å²) in [6.45, 7) is 3.69. The lowest BCUT2D eigenvalue weighted by molar-refractivity contribution is -0.117. The molecule has 1 aliphatic rings. The van der Waals surface area contributed by atoms with Crippen LogP contribution in [0.2, 0.25) is 0 Å². The number of unbranched alkanes of at least 4 members (excludes halogenated alkanes) is 2. The Bertz CT molecular complexity index is 748. The number of hydrogen-bond acceptors (Lipinski definition) is 2. The second-order valence-electron chi connectivity index (χ2n) is 6.10. The van der Waals surface area contributed by atoms with Crippen LogP contribution in [0.25, 0.3) is 10.9 Å². The van der Waals surface area contributed by atoms with Gasteiger partial charge in [0.2, 0.25) is 5.91 Å². The highest BCUT2D eigenvalue weighted by molar-refractivity contribution is 6.07. The minimum atomic E-state index is -0.957. The lowest BCUT2D eigenvalue weighted by Crippen LogP contribution is -2.24. The molecule has 0 bridgehead atoms. The smallest absolute Gasteiger partial charge is 0.335 e. The maximum absolute atomic E-state index is 12.1. The van der Waals surface area contributed by atoms with Crippen LogP contribution >= 0.6 is 0 Å². The second-order valence-corrected chi connectivity index (χ2v) is 6.10. The maximum atomic E-state index is 12.1. The fourth-order valence-electron chi connectivity index (χ4n) is 3.25. The number of fused-ring (bicyclic) bond motifs is 1. The number of carbonyl (C=O) groups is 2. The Hall–Kier alpha value is -2.30. The molecule has 23 heavy (non-hydrogen) atoms. The maximum Gasteiger partial charge on any atom is 0.335 e. The van der Waals surface area contributed by atoms with Crippen LogP contribution in [0.15, 0.2) is 24.4 Å². The lowest BCUT2D eigenvalue weighted by Gasteiger charge is -2.18. The van der Waals surface area contributed by atoms with E-state index in [-0.39, 0.29) is 11.5 Å². The zero-order valence-electron chi connectivity index (χ0n) is 13.4. The number of carboxylic acid groups (broad SMARTS) is 1. The molecule has 0 aliphatic carbocycles. The fraction of sp³-hybridized carbons (Fsp3) is 0.444. The van der Waals surface area contributed by atoms with Crippen molar-refractivity contribution in [2.75, 3.05) is 11.4 Å². The van der Waals surface area contributed by atoms with Crippen molar-refractivity contribution in [1.29, 1.82) is 0 Å². The minimum Gasteiger partial charge on any atom is -0.478 e. The highest BCUT2D eigenvalue weighted by atomic mass is 16.4. The predicted molar refractivity (Wildman–Crippen MR) is 90.0 cm³/mol. The molecule has 0 atom stereocenters. The van der Waals surface area contributed by atoms with Gasteiger partial charge in [-0.2, -0.15) is 0 Å². The SMILES string of the molecule is CCCCCn1ccc2c(N3CCCC3=O)cc(C(=O)O)cc21. The van der Waals surface area contributed by atoms with Crippen LogP contribution in [0.4, 0.5) is 5.69 Å². The average molecular weight is 314 g/mol. The first-order valence-corrected chi connectivity index (χ1v) is 8.28. The van der Waals surface area contributed by atoms with E-state index in [0.717, 1.165) is 48.8 Å². The Morgan fingerprint density at radius 1 is 1.30 bits per heavy atom. The first kappa shape index (κ1) is 15.6. The largest absolute Gasteiger partial charge is 0.478 e. The van der Waals surface area contributed by atoms with Gasteiger partial charge in [-0.25, -0.2) is 4.79 Å². The van der Waals surface area contributed by atoms with Crippen molar-refractivity contribution in [3.63, 3.8) is 0 Å². The Balaban J connectivity index is 2.07. The third-order valence-corrected chi connectivity index (χ3v) is 4.48. The van der Waals surface area contributed by atoms with Gasteiger partial charge in [0.05, 0.1) is 16.8 Å². The molecular weight excluding hydrogens is 292 g/mol. The van der Waals surface area contributed by atoms with Crippen LogP contribution in [0.1, 0.15) is 49.4 Å². The van der Waals surface area contributed by atoms with E-state index in [1.165, 1.54) is 0 Å². The molecule has 1 N–H and O–H groups in total. The molecule has 2 aromatic rings. The number of amides is 1. The quantitative estimate of drug-likeness (QED) is 0.828. The van der Waals surface area contributed by atoms with Crippen molar-refractivity contribution in [1.82, 2.24) is 4.57 Å². The highest BCUT2D eigenvalue weighted by Crippen LogP contribution is 2.32. The van der Waals surface area contributed by atoms with Crippen molar-refractivity contribution in [2.24, 2.45) is 0 Å². The van der Waals surface area contributed by atoms with E-state index in [2.05, 4.69) is 11.5 Å². The summed E-state index contributed by atoms with van der Waals surface area (Å²) in [5.74, 6) is -0.881. The van der Waals surface area contributed by atoms with Crippen molar-refractivity contribution >= 4 is 28.5 Å². The number of benzene rings is 1. The molecule has 5 heteroatoms. The van der Waals surface area contributed by atoms with Gasteiger partial charge in [0.1, 0.15) is 0 Å². The molecule has 1 amide bonds. The number of carbonyl (C=O) groups excluding carboxylic acids is 1. The van der Waals surface area contributed by atoms with E-state index < -0.39 is 5.97 Å². The predicted octanol–water partition coefficient (Wildman–Crippen LogP) is 3.66. The standard InChI is InChI=1S/C18H22N2O3/c1-2-3-4-8-19-10-7-14-15(19)11-13(18(22)23)12-16(14)20-9-5-6-17(20)21/h7,10-12H,2-6,8-9H2,1H3,(H,22,23). The van der Waals surface area contributed by atoms with Crippen LogP contribution in [-0.4, -0.2) is 28.1 Å². The van der Waals surface area contributed by atoms with Gasteiger partial charge in [0.25, 0.3) is 0 Å². The van der Waals surface area contributed by atoms with Gasteiger partial charge in [-0.15, -0.1) is 0 Å². The van der Waals surface area contributed by atoms with Gasteiger partial charge < -0.3 is 14.6 Å². The average Bonchev–Trinajstić information content (AvgIpc) is 3.13.